The smallest absolute Gasteiger partial charge is 0.414 e. The Morgan fingerprint density at radius 2 is 2.03 bits per heavy atom. The van der Waals surface area contributed by atoms with Gasteiger partial charge in [0.2, 0.25) is 5.91 Å². The van der Waals surface area contributed by atoms with E-state index in [0.29, 0.717) is 23.5 Å². The van der Waals surface area contributed by atoms with E-state index in [1.165, 1.54) is 22.1 Å². The van der Waals surface area contributed by atoms with Crippen molar-refractivity contribution in [3.8, 4) is 0 Å². The number of rotatable bonds is 5. The molecule has 2 aliphatic heterocycles. The van der Waals surface area contributed by atoms with E-state index in [1.54, 1.807) is 19.1 Å². The van der Waals surface area contributed by atoms with Crippen molar-refractivity contribution in [2.24, 2.45) is 0 Å². The standard InChI is InChI=1S/C23H24FN3O3/c1-15(2)22(28)25-12-19-14-27(23(29)30-19)18-7-8-21(20(24)11-18)26-10-9-16-5-3-4-6-17(16)13-26/h3-8,11,19H,1,9-10,12-14H2,2H3,(H,25,28)/t19-/m0/s1. The molecular formula is C23H24FN3O3. The van der Waals surface area contributed by atoms with Gasteiger partial charge in [0.15, 0.2) is 0 Å². The number of carbonyl (C=O) groups excluding carboxylic acids is 2. The Bertz CT molecular complexity index is 1010. The van der Waals surface area contributed by atoms with E-state index in [1.807, 2.05) is 17.0 Å². The molecule has 7 heteroatoms. The highest BCUT2D eigenvalue weighted by atomic mass is 19.1. The fraction of sp³-hybridized carbons (Fsp3) is 0.304. The number of hydrogen-bond donors (Lipinski definition) is 1. The predicted molar refractivity (Wildman–Crippen MR) is 113 cm³/mol. The molecule has 2 aliphatic rings. The van der Waals surface area contributed by atoms with Gasteiger partial charge in [-0.15, -0.1) is 0 Å². The second-order valence-corrected chi connectivity index (χ2v) is 7.68. The molecule has 2 amide bonds. The highest BCUT2D eigenvalue weighted by Crippen LogP contribution is 2.30. The van der Waals surface area contributed by atoms with Crippen molar-refractivity contribution in [2.45, 2.75) is 26.0 Å². The molecule has 0 saturated carbocycles. The lowest BCUT2D eigenvalue weighted by molar-refractivity contribution is -0.117. The van der Waals surface area contributed by atoms with Gasteiger partial charge < -0.3 is 15.0 Å². The maximum atomic E-state index is 14.9. The maximum Gasteiger partial charge on any atom is 0.414 e. The second-order valence-electron chi connectivity index (χ2n) is 7.68. The lowest BCUT2D eigenvalue weighted by Crippen LogP contribution is -2.34. The van der Waals surface area contributed by atoms with Gasteiger partial charge in [-0.25, -0.2) is 9.18 Å². The number of ether oxygens (including phenoxy) is 1. The van der Waals surface area contributed by atoms with Crippen LogP contribution in [-0.4, -0.2) is 37.7 Å². The molecule has 6 nitrogen and oxygen atoms in total. The van der Waals surface area contributed by atoms with Crippen molar-refractivity contribution in [3.05, 3.63) is 71.6 Å². The minimum Gasteiger partial charge on any atom is -0.442 e. The number of fused-ring (bicyclic) bond motifs is 1. The SMILES string of the molecule is C=C(C)C(=O)NC[C@H]1CN(c2ccc(N3CCc4ccccc4C3)c(F)c2)C(=O)O1. The molecular weight excluding hydrogens is 385 g/mol. The van der Waals surface area contributed by atoms with Gasteiger partial charge in [-0.2, -0.15) is 0 Å². The number of carbonyl (C=O) groups is 2. The van der Waals surface area contributed by atoms with E-state index in [2.05, 4.69) is 24.0 Å². The van der Waals surface area contributed by atoms with Gasteiger partial charge in [0.1, 0.15) is 11.9 Å². The number of halogens is 1. The summed E-state index contributed by atoms with van der Waals surface area (Å²) in [6.07, 6.45) is -0.182. The molecule has 0 spiro atoms. The molecule has 4 rings (SSSR count). The number of nitrogens with zero attached hydrogens (tertiary/aromatic N) is 2. The molecule has 1 saturated heterocycles. The molecule has 30 heavy (non-hydrogen) atoms. The Labute approximate surface area is 174 Å². The van der Waals surface area contributed by atoms with Crippen molar-refractivity contribution < 1.29 is 18.7 Å². The topological polar surface area (TPSA) is 61.9 Å². The van der Waals surface area contributed by atoms with Crippen LogP contribution < -0.4 is 15.1 Å². The third-order valence-electron chi connectivity index (χ3n) is 5.47. The summed E-state index contributed by atoms with van der Waals surface area (Å²) in [7, 11) is 0. The summed E-state index contributed by atoms with van der Waals surface area (Å²) in [4.78, 5) is 27.3. The molecule has 2 heterocycles. The van der Waals surface area contributed by atoms with E-state index in [-0.39, 0.29) is 24.8 Å². The van der Waals surface area contributed by atoms with Crippen LogP contribution in [0, 0.1) is 5.82 Å². The van der Waals surface area contributed by atoms with Crippen LogP contribution in [0.3, 0.4) is 0 Å². The van der Waals surface area contributed by atoms with Gasteiger partial charge in [0, 0.05) is 18.7 Å². The Morgan fingerprint density at radius 3 is 2.77 bits per heavy atom. The van der Waals surface area contributed by atoms with Crippen LogP contribution in [0.5, 0.6) is 0 Å². The summed E-state index contributed by atoms with van der Waals surface area (Å²) in [5.74, 6) is -0.665. The van der Waals surface area contributed by atoms with Crippen LogP contribution in [-0.2, 0) is 22.5 Å². The summed E-state index contributed by atoms with van der Waals surface area (Å²) in [5.41, 5.74) is 3.85. The summed E-state index contributed by atoms with van der Waals surface area (Å²) >= 11 is 0. The normalized spacial score (nSPS) is 18.1. The molecule has 0 bridgehead atoms. The molecule has 2 aromatic rings. The lowest BCUT2D eigenvalue weighted by atomic mass is 9.99. The van der Waals surface area contributed by atoms with Crippen LogP contribution in [0.2, 0.25) is 0 Å². The first-order chi connectivity index (χ1) is 14.4. The Morgan fingerprint density at radius 1 is 1.27 bits per heavy atom. The van der Waals surface area contributed by atoms with Crippen LogP contribution in [0.15, 0.2) is 54.6 Å². The van der Waals surface area contributed by atoms with Crippen LogP contribution in [0.4, 0.5) is 20.6 Å². The molecule has 1 fully saturated rings. The number of benzene rings is 2. The minimum absolute atomic E-state index is 0.182. The van der Waals surface area contributed by atoms with Crippen molar-refractivity contribution >= 4 is 23.4 Å². The fourth-order valence-electron chi connectivity index (χ4n) is 3.82. The number of amides is 2. The van der Waals surface area contributed by atoms with Gasteiger partial charge in [-0.1, -0.05) is 30.8 Å². The first kappa shape index (κ1) is 19.9. The highest BCUT2D eigenvalue weighted by Gasteiger charge is 2.33. The molecule has 1 atom stereocenters. The van der Waals surface area contributed by atoms with Gasteiger partial charge in [-0.05, 0) is 42.7 Å². The Balaban J connectivity index is 1.44. The van der Waals surface area contributed by atoms with Gasteiger partial charge >= 0.3 is 6.09 Å². The quantitative estimate of drug-likeness (QED) is 0.769. The van der Waals surface area contributed by atoms with E-state index in [0.717, 1.165) is 13.0 Å². The number of anilines is 2. The molecule has 0 aliphatic carbocycles. The van der Waals surface area contributed by atoms with Gasteiger partial charge in [0.05, 0.1) is 24.5 Å². The Hall–Kier alpha value is -3.35. The van der Waals surface area contributed by atoms with Crippen LogP contribution in [0.25, 0.3) is 0 Å². The monoisotopic (exact) mass is 409 g/mol. The number of hydrogen-bond acceptors (Lipinski definition) is 4. The fourth-order valence-corrected chi connectivity index (χ4v) is 3.82. The molecule has 0 aromatic heterocycles. The Kier molecular flexibility index (Phi) is 5.44. The minimum atomic E-state index is -0.552. The van der Waals surface area contributed by atoms with Crippen molar-refractivity contribution in [3.63, 3.8) is 0 Å². The zero-order valence-corrected chi connectivity index (χ0v) is 16.9. The van der Waals surface area contributed by atoms with E-state index >= 15 is 0 Å². The van der Waals surface area contributed by atoms with E-state index in [9.17, 15) is 14.0 Å². The van der Waals surface area contributed by atoms with E-state index < -0.39 is 12.2 Å². The number of cyclic esters (lactones) is 1. The van der Waals surface area contributed by atoms with Crippen molar-refractivity contribution in [2.75, 3.05) is 29.4 Å². The largest absolute Gasteiger partial charge is 0.442 e. The average Bonchev–Trinajstić information content (AvgIpc) is 3.12. The molecule has 2 aromatic carbocycles. The molecule has 156 valence electrons. The van der Waals surface area contributed by atoms with Crippen molar-refractivity contribution in [1.82, 2.24) is 5.32 Å². The third kappa shape index (κ3) is 4.01. The molecule has 0 radical (unpaired) electrons. The second kappa shape index (κ2) is 8.18. The average molecular weight is 409 g/mol. The van der Waals surface area contributed by atoms with Crippen molar-refractivity contribution in [1.29, 1.82) is 0 Å². The summed E-state index contributed by atoms with van der Waals surface area (Å²) in [5, 5.41) is 2.67. The first-order valence-electron chi connectivity index (χ1n) is 9.95. The summed E-state index contributed by atoms with van der Waals surface area (Å²) in [6, 6.07) is 13.0. The zero-order valence-electron chi connectivity index (χ0n) is 16.9. The zero-order chi connectivity index (χ0) is 21.3. The summed E-state index contributed by atoms with van der Waals surface area (Å²) < 4.78 is 20.2. The number of nitrogens with one attached hydrogen (secondary N) is 1. The first-order valence-corrected chi connectivity index (χ1v) is 9.95. The third-order valence-corrected chi connectivity index (χ3v) is 5.47. The molecule has 1 N–H and O–H groups in total. The van der Waals surface area contributed by atoms with Crippen LogP contribution in [0.1, 0.15) is 18.1 Å². The van der Waals surface area contributed by atoms with E-state index in [4.69, 9.17) is 4.74 Å². The van der Waals surface area contributed by atoms with Crippen LogP contribution >= 0.6 is 0 Å². The lowest BCUT2D eigenvalue weighted by Gasteiger charge is -2.31. The van der Waals surface area contributed by atoms with Gasteiger partial charge in [0.25, 0.3) is 0 Å². The predicted octanol–water partition coefficient (Wildman–Crippen LogP) is 3.41. The molecule has 0 unspecified atom stereocenters. The van der Waals surface area contributed by atoms with Gasteiger partial charge in [-0.3, -0.25) is 9.69 Å². The maximum absolute atomic E-state index is 14.9. The summed E-state index contributed by atoms with van der Waals surface area (Å²) in [6.45, 7) is 6.99. The highest BCUT2D eigenvalue weighted by molar-refractivity contribution is 5.92.